The number of guanidine groups is 1. The molecule has 2 rings (SSSR count). The second kappa shape index (κ2) is 14.9. The molecule has 160 valence electrons. The average Bonchev–Trinajstić information content (AvgIpc) is 2.70. The van der Waals surface area contributed by atoms with Gasteiger partial charge in [0.25, 0.3) is 0 Å². The third-order valence-corrected chi connectivity index (χ3v) is 4.76. The number of hydrogen-bond acceptors (Lipinski definition) is 4. The lowest BCUT2D eigenvalue weighted by atomic mass is 10.1. The summed E-state index contributed by atoms with van der Waals surface area (Å²) in [5.74, 6) is 2.00. The van der Waals surface area contributed by atoms with Crippen molar-refractivity contribution < 1.29 is 9.47 Å². The Hall–Kier alpha value is -1.06. The number of nitrogens with one attached hydrogen (secondary N) is 1. The predicted molar refractivity (Wildman–Crippen MR) is 127 cm³/mol. The summed E-state index contributed by atoms with van der Waals surface area (Å²) in [6, 6.07) is 10.1. The van der Waals surface area contributed by atoms with Crippen LogP contribution in [-0.4, -0.2) is 81.9 Å². The maximum Gasteiger partial charge on any atom is 0.193 e. The highest BCUT2D eigenvalue weighted by Gasteiger charge is 2.22. The fraction of sp³-hybridized carbons (Fsp3) is 0.667. The minimum Gasteiger partial charge on any atom is -0.490 e. The molecule has 0 unspecified atom stereocenters. The van der Waals surface area contributed by atoms with Crippen LogP contribution in [0.5, 0.6) is 5.75 Å². The first kappa shape index (κ1) is 25.0. The van der Waals surface area contributed by atoms with Gasteiger partial charge in [0.05, 0.1) is 6.61 Å². The third-order valence-electron chi connectivity index (χ3n) is 4.76. The SMILES string of the molecule is CCNC(=NCCCN(C)CCOC)N1CCC(Oc2ccccc2)CC1.I. The highest BCUT2D eigenvalue weighted by molar-refractivity contribution is 14.0. The number of halogens is 1. The maximum atomic E-state index is 6.10. The molecule has 0 amide bonds. The summed E-state index contributed by atoms with van der Waals surface area (Å²) in [6.07, 6.45) is 3.40. The van der Waals surface area contributed by atoms with Crippen LogP contribution in [0.15, 0.2) is 35.3 Å². The lowest BCUT2D eigenvalue weighted by Crippen LogP contribution is -2.47. The molecule has 0 aliphatic carbocycles. The summed E-state index contributed by atoms with van der Waals surface area (Å²) < 4.78 is 11.2. The molecule has 0 aromatic heterocycles. The fourth-order valence-corrected chi connectivity index (χ4v) is 3.19. The normalized spacial score (nSPS) is 15.4. The van der Waals surface area contributed by atoms with Crippen molar-refractivity contribution in [3.8, 4) is 5.75 Å². The van der Waals surface area contributed by atoms with Gasteiger partial charge in [0.1, 0.15) is 11.9 Å². The summed E-state index contributed by atoms with van der Waals surface area (Å²) in [4.78, 5) is 9.49. The van der Waals surface area contributed by atoms with Crippen molar-refractivity contribution in [2.45, 2.75) is 32.3 Å². The first-order chi connectivity index (χ1) is 13.2. The largest absolute Gasteiger partial charge is 0.490 e. The molecule has 0 bridgehead atoms. The molecule has 0 atom stereocenters. The van der Waals surface area contributed by atoms with E-state index in [1.807, 2.05) is 30.3 Å². The number of ether oxygens (including phenoxy) is 2. The number of likely N-dealkylation sites (N-methyl/N-ethyl adjacent to an activating group) is 1. The van der Waals surface area contributed by atoms with Crippen LogP contribution in [0.2, 0.25) is 0 Å². The number of rotatable bonds is 10. The molecule has 6 nitrogen and oxygen atoms in total. The van der Waals surface area contributed by atoms with Gasteiger partial charge in [-0.15, -0.1) is 24.0 Å². The van der Waals surface area contributed by atoms with Gasteiger partial charge < -0.3 is 24.6 Å². The highest BCUT2D eigenvalue weighted by Crippen LogP contribution is 2.18. The molecule has 1 aliphatic rings. The average molecular weight is 504 g/mol. The second-order valence-corrected chi connectivity index (χ2v) is 7.00. The molecule has 0 spiro atoms. The van der Waals surface area contributed by atoms with Crippen molar-refractivity contribution in [3.63, 3.8) is 0 Å². The molecule has 1 saturated heterocycles. The zero-order valence-electron chi connectivity index (χ0n) is 17.6. The van der Waals surface area contributed by atoms with Gasteiger partial charge >= 0.3 is 0 Å². The second-order valence-electron chi connectivity index (χ2n) is 7.00. The Bertz CT molecular complexity index is 536. The minimum atomic E-state index is 0. The zero-order chi connectivity index (χ0) is 19.3. The smallest absolute Gasteiger partial charge is 0.193 e. The molecule has 0 radical (unpaired) electrons. The van der Waals surface area contributed by atoms with Gasteiger partial charge in [-0.2, -0.15) is 0 Å². The van der Waals surface area contributed by atoms with E-state index in [4.69, 9.17) is 14.5 Å². The molecule has 7 heteroatoms. The molecule has 28 heavy (non-hydrogen) atoms. The Labute approximate surface area is 187 Å². The summed E-state index contributed by atoms with van der Waals surface area (Å²) in [6.45, 7) is 8.62. The van der Waals surface area contributed by atoms with Gasteiger partial charge in [-0.1, -0.05) is 18.2 Å². The number of para-hydroxylation sites is 1. The van der Waals surface area contributed by atoms with Gasteiger partial charge in [-0.05, 0) is 39.1 Å². The van der Waals surface area contributed by atoms with Gasteiger partial charge in [0.2, 0.25) is 0 Å². The summed E-state index contributed by atoms with van der Waals surface area (Å²) in [5.41, 5.74) is 0. The van der Waals surface area contributed by atoms with Gasteiger partial charge in [-0.3, -0.25) is 4.99 Å². The van der Waals surface area contributed by atoms with E-state index in [-0.39, 0.29) is 24.0 Å². The molecule has 1 aliphatic heterocycles. The molecule has 1 aromatic rings. The van der Waals surface area contributed by atoms with E-state index in [9.17, 15) is 0 Å². The Morgan fingerprint density at radius 1 is 1.21 bits per heavy atom. The van der Waals surface area contributed by atoms with E-state index in [1.165, 1.54) is 0 Å². The molecule has 0 saturated carbocycles. The molecule has 1 heterocycles. The summed E-state index contributed by atoms with van der Waals surface area (Å²) in [7, 11) is 3.88. The Balaban J connectivity index is 0.00000392. The van der Waals surface area contributed by atoms with Crippen molar-refractivity contribution >= 4 is 29.9 Å². The number of methoxy groups -OCH3 is 1. The van der Waals surface area contributed by atoms with E-state index in [1.54, 1.807) is 7.11 Å². The molecular weight excluding hydrogens is 467 g/mol. The Kier molecular flexibility index (Phi) is 13.3. The summed E-state index contributed by atoms with van der Waals surface area (Å²) in [5, 5.41) is 3.44. The van der Waals surface area contributed by atoms with Gasteiger partial charge in [0, 0.05) is 52.7 Å². The Morgan fingerprint density at radius 2 is 1.93 bits per heavy atom. The number of hydrogen-bond donors (Lipinski definition) is 1. The van der Waals surface area contributed by atoms with E-state index in [0.29, 0.717) is 6.10 Å². The van der Waals surface area contributed by atoms with Crippen LogP contribution in [0.1, 0.15) is 26.2 Å². The topological polar surface area (TPSA) is 49.3 Å². The van der Waals surface area contributed by atoms with Crippen LogP contribution in [0, 0.1) is 0 Å². The Morgan fingerprint density at radius 3 is 2.57 bits per heavy atom. The molecule has 1 N–H and O–H groups in total. The minimum absolute atomic E-state index is 0. The quantitative estimate of drug-likeness (QED) is 0.230. The van der Waals surface area contributed by atoms with E-state index in [0.717, 1.165) is 76.8 Å². The number of benzene rings is 1. The fourth-order valence-electron chi connectivity index (χ4n) is 3.19. The third kappa shape index (κ3) is 9.43. The molecule has 1 fully saturated rings. The highest BCUT2D eigenvalue weighted by atomic mass is 127. The van der Waals surface area contributed by atoms with Crippen LogP contribution in [0.3, 0.4) is 0 Å². The van der Waals surface area contributed by atoms with Crippen LogP contribution in [0.25, 0.3) is 0 Å². The number of aliphatic imine (C=N–C) groups is 1. The zero-order valence-corrected chi connectivity index (χ0v) is 19.9. The maximum absolute atomic E-state index is 6.10. The van der Waals surface area contributed by atoms with E-state index >= 15 is 0 Å². The van der Waals surface area contributed by atoms with Crippen molar-refractivity contribution in [2.75, 3.05) is 60.0 Å². The van der Waals surface area contributed by atoms with E-state index in [2.05, 4.69) is 29.1 Å². The van der Waals surface area contributed by atoms with Crippen LogP contribution in [0.4, 0.5) is 0 Å². The number of piperidine rings is 1. The van der Waals surface area contributed by atoms with Crippen LogP contribution in [-0.2, 0) is 4.74 Å². The molecular formula is C21H37IN4O2. The molecule has 1 aromatic carbocycles. The van der Waals surface area contributed by atoms with Crippen LogP contribution >= 0.6 is 24.0 Å². The van der Waals surface area contributed by atoms with E-state index < -0.39 is 0 Å². The van der Waals surface area contributed by atoms with Gasteiger partial charge in [-0.25, -0.2) is 0 Å². The standard InChI is InChI=1S/C21H36N4O2.HI/c1-4-22-21(23-13-8-14-24(2)17-18-26-3)25-15-11-20(12-16-25)27-19-9-6-5-7-10-19;/h5-7,9-10,20H,4,8,11-18H2,1-3H3,(H,22,23);1H. The first-order valence-corrected chi connectivity index (χ1v) is 10.2. The number of nitrogens with zero attached hydrogens (tertiary/aromatic N) is 3. The lowest BCUT2D eigenvalue weighted by Gasteiger charge is -2.34. The lowest BCUT2D eigenvalue weighted by molar-refractivity contribution is 0.129. The monoisotopic (exact) mass is 504 g/mol. The van der Waals surface area contributed by atoms with Crippen LogP contribution < -0.4 is 10.1 Å². The first-order valence-electron chi connectivity index (χ1n) is 10.2. The van der Waals surface area contributed by atoms with Crippen molar-refractivity contribution in [1.29, 1.82) is 0 Å². The van der Waals surface area contributed by atoms with Crippen molar-refractivity contribution in [3.05, 3.63) is 30.3 Å². The van der Waals surface area contributed by atoms with Crippen molar-refractivity contribution in [2.24, 2.45) is 4.99 Å². The summed E-state index contributed by atoms with van der Waals surface area (Å²) >= 11 is 0. The van der Waals surface area contributed by atoms with Crippen molar-refractivity contribution in [1.82, 2.24) is 15.1 Å². The van der Waals surface area contributed by atoms with Gasteiger partial charge in [0.15, 0.2) is 5.96 Å². The predicted octanol–water partition coefficient (Wildman–Crippen LogP) is 3.08. The number of likely N-dealkylation sites (tertiary alicyclic amines) is 1.